The Hall–Kier alpha value is -2.99. The predicted octanol–water partition coefficient (Wildman–Crippen LogP) is 6.11. The Morgan fingerprint density at radius 1 is 1.12 bits per heavy atom. The minimum absolute atomic E-state index is 0.283. The van der Waals surface area contributed by atoms with Gasteiger partial charge in [-0.15, -0.1) is 0 Å². The molecule has 1 N–H and O–H groups in total. The van der Waals surface area contributed by atoms with Crippen molar-refractivity contribution in [3.63, 3.8) is 0 Å². The van der Waals surface area contributed by atoms with E-state index in [1.54, 1.807) is 12.1 Å². The van der Waals surface area contributed by atoms with Crippen molar-refractivity contribution in [1.29, 1.82) is 0 Å². The maximum Gasteiger partial charge on any atom is 0.407 e. The van der Waals surface area contributed by atoms with Crippen LogP contribution in [0.2, 0.25) is 25.7 Å². The van der Waals surface area contributed by atoms with Crippen molar-refractivity contribution in [1.82, 2.24) is 14.7 Å². The first-order chi connectivity index (χ1) is 20.5. The summed E-state index contributed by atoms with van der Waals surface area (Å²) in [7, 11) is -1.18. The number of hydrogen-bond acceptors (Lipinski definition) is 6. The van der Waals surface area contributed by atoms with E-state index in [0.29, 0.717) is 52.5 Å². The van der Waals surface area contributed by atoms with Gasteiger partial charge < -0.3 is 29.1 Å². The second kappa shape index (κ2) is 13.3. The first-order valence-electron chi connectivity index (χ1n) is 15.3. The fourth-order valence-electron chi connectivity index (χ4n) is 5.93. The Balaban J connectivity index is 1.39. The number of halogens is 1. The molecule has 2 aliphatic rings. The molecule has 2 fully saturated rings. The number of carboxylic acid groups (broad SMARTS) is 1. The molecule has 2 aliphatic heterocycles. The van der Waals surface area contributed by atoms with E-state index in [4.69, 9.17) is 19.3 Å². The lowest BCUT2D eigenvalue weighted by atomic mass is 9.73. The summed E-state index contributed by atoms with van der Waals surface area (Å²) in [6, 6.07) is 12.0. The van der Waals surface area contributed by atoms with Crippen molar-refractivity contribution in [3.8, 4) is 0 Å². The highest BCUT2D eigenvalue weighted by molar-refractivity contribution is 6.76. The van der Waals surface area contributed by atoms with E-state index < -0.39 is 19.6 Å². The molecule has 9 nitrogen and oxygen atoms in total. The molecule has 3 heterocycles. The molecular weight excluding hydrogens is 567 g/mol. The fraction of sp³-hybridized carbons (Fsp3) is 0.562. The Morgan fingerprint density at radius 3 is 2.47 bits per heavy atom. The van der Waals surface area contributed by atoms with Gasteiger partial charge in [0.25, 0.3) is 0 Å². The van der Waals surface area contributed by atoms with Gasteiger partial charge in [0.1, 0.15) is 12.5 Å². The van der Waals surface area contributed by atoms with E-state index in [9.17, 15) is 14.3 Å². The molecule has 1 unspecified atom stereocenters. The summed E-state index contributed by atoms with van der Waals surface area (Å²) in [5.74, 6) is -0.293. The molecule has 43 heavy (non-hydrogen) atoms. The third-order valence-electron chi connectivity index (χ3n) is 8.76. The lowest BCUT2D eigenvalue weighted by molar-refractivity contribution is 0.00553. The molecule has 1 aromatic heterocycles. The minimum atomic E-state index is -1.18. The summed E-state index contributed by atoms with van der Waals surface area (Å²) in [5, 5.41) is 15.5. The normalized spacial score (nSPS) is 18.3. The van der Waals surface area contributed by atoms with Gasteiger partial charge in [0.05, 0.1) is 31.4 Å². The molecule has 1 amide bonds. The predicted molar refractivity (Wildman–Crippen MR) is 168 cm³/mol. The number of piperidine rings is 1. The van der Waals surface area contributed by atoms with Crippen molar-refractivity contribution < 1.29 is 28.5 Å². The van der Waals surface area contributed by atoms with E-state index in [1.807, 2.05) is 17.8 Å². The van der Waals surface area contributed by atoms with Gasteiger partial charge in [0.2, 0.25) is 0 Å². The topological polar surface area (TPSA) is 89.3 Å². The molecule has 0 radical (unpaired) electrons. The van der Waals surface area contributed by atoms with Crippen LogP contribution in [0, 0.1) is 5.82 Å². The molecule has 0 saturated carbocycles. The molecule has 11 heteroatoms. The third kappa shape index (κ3) is 7.75. The zero-order chi connectivity index (χ0) is 30.6. The van der Waals surface area contributed by atoms with Gasteiger partial charge in [-0.2, -0.15) is 5.10 Å². The number of anilines is 1. The summed E-state index contributed by atoms with van der Waals surface area (Å²) < 4.78 is 34.0. The van der Waals surface area contributed by atoms with Gasteiger partial charge in [-0.25, -0.2) is 13.9 Å². The Labute approximate surface area is 254 Å². The highest BCUT2D eigenvalue weighted by Gasteiger charge is 2.38. The van der Waals surface area contributed by atoms with E-state index >= 15 is 0 Å². The number of rotatable bonds is 11. The number of morpholine rings is 1. The smallest absolute Gasteiger partial charge is 0.407 e. The fourth-order valence-corrected chi connectivity index (χ4v) is 6.69. The van der Waals surface area contributed by atoms with E-state index in [1.165, 1.54) is 17.0 Å². The van der Waals surface area contributed by atoms with Crippen molar-refractivity contribution in [2.75, 3.05) is 57.5 Å². The van der Waals surface area contributed by atoms with Crippen molar-refractivity contribution in [3.05, 3.63) is 59.5 Å². The summed E-state index contributed by atoms with van der Waals surface area (Å²) >= 11 is 0. The Bertz CT molecular complexity index is 1380. The van der Waals surface area contributed by atoms with Crippen LogP contribution in [0.1, 0.15) is 37.0 Å². The van der Waals surface area contributed by atoms with Gasteiger partial charge in [-0.05, 0) is 55.6 Å². The molecular formula is C32H45FN4O5Si. The Kier molecular flexibility index (Phi) is 9.75. The van der Waals surface area contributed by atoms with Gasteiger partial charge >= 0.3 is 6.09 Å². The monoisotopic (exact) mass is 612 g/mol. The van der Waals surface area contributed by atoms with Gasteiger partial charge in [0, 0.05) is 69.1 Å². The summed E-state index contributed by atoms with van der Waals surface area (Å²) in [6.07, 6.45) is 2.05. The number of nitrogens with zero attached hydrogens (tertiary/aromatic N) is 4. The zero-order valence-corrected chi connectivity index (χ0v) is 26.9. The van der Waals surface area contributed by atoms with Crippen LogP contribution in [0.4, 0.5) is 14.9 Å². The first kappa shape index (κ1) is 31.4. The first-order valence-corrected chi connectivity index (χ1v) is 19.0. The average Bonchev–Trinajstić information content (AvgIpc) is 3.41. The van der Waals surface area contributed by atoms with Gasteiger partial charge in [-0.3, -0.25) is 0 Å². The lowest BCUT2D eigenvalue weighted by Gasteiger charge is -2.41. The minimum Gasteiger partial charge on any atom is -0.465 e. The highest BCUT2D eigenvalue weighted by Crippen LogP contribution is 2.39. The van der Waals surface area contributed by atoms with Crippen LogP contribution in [0.25, 0.3) is 10.9 Å². The van der Waals surface area contributed by atoms with E-state index in [0.717, 1.165) is 53.5 Å². The highest BCUT2D eigenvalue weighted by atomic mass is 28.3. The number of fused-ring (bicyclic) bond motifs is 1. The van der Waals surface area contributed by atoms with Crippen LogP contribution in [0.3, 0.4) is 0 Å². The largest absolute Gasteiger partial charge is 0.465 e. The lowest BCUT2D eigenvalue weighted by Crippen LogP contribution is -2.47. The maximum absolute atomic E-state index is 13.8. The second-order valence-electron chi connectivity index (χ2n) is 13.1. The molecule has 0 spiro atoms. The van der Waals surface area contributed by atoms with Gasteiger partial charge in [0.15, 0.2) is 0 Å². The van der Waals surface area contributed by atoms with Crippen LogP contribution < -0.4 is 4.90 Å². The third-order valence-corrected chi connectivity index (χ3v) is 10.5. The average molecular weight is 613 g/mol. The summed E-state index contributed by atoms with van der Waals surface area (Å²) in [6.45, 7) is 14.4. The molecule has 234 valence electrons. The van der Waals surface area contributed by atoms with Crippen molar-refractivity contribution in [2.45, 2.75) is 63.7 Å². The molecule has 1 atom stereocenters. The number of carbonyl (C=O) groups is 1. The second-order valence-corrected chi connectivity index (χ2v) is 18.7. The van der Waals surface area contributed by atoms with E-state index in [-0.39, 0.29) is 11.9 Å². The number of hydrogen-bond donors (Lipinski definition) is 1. The van der Waals surface area contributed by atoms with Crippen LogP contribution in [-0.4, -0.2) is 86.6 Å². The molecule has 3 aromatic rings. The van der Waals surface area contributed by atoms with Gasteiger partial charge in [-0.1, -0.05) is 31.8 Å². The molecule has 2 saturated heterocycles. The standard InChI is InChI=1S/C32H45FN4O5Si/c1-24(42-22-32(26-5-7-27(33)8-6-26)9-11-36(12-10-32)31(38)39)29-20-28(35-13-15-40-16-14-35)19-25-21-37(34-30(25)29)23-41-17-18-43(2,3)4/h5-8,19-21,24H,9-18,22-23H2,1-4H3,(H,38,39). The number of amides is 1. The quantitative estimate of drug-likeness (QED) is 0.206. The number of aromatic nitrogens is 2. The molecule has 5 rings (SSSR count). The number of likely N-dealkylation sites (tertiary alicyclic amines) is 1. The SMILES string of the molecule is CC(OCC1(c2ccc(F)cc2)CCN(C(=O)O)CC1)c1cc(N2CCOCC2)cc2cn(COCC[Si](C)(C)C)nc12. The maximum atomic E-state index is 13.8. The van der Waals surface area contributed by atoms with Crippen LogP contribution in [0.5, 0.6) is 0 Å². The van der Waals surface area contributed by atoms with Crippen LogP contribution in [0.15, 0.2) is 42.6 Å². The number of ether oxygens (including phenoxy) is 3. The van der Waals surface area contributed by atoms with Crippen LogP contribution in [-0.2, 0) is 26.4 Å². The molecule has 2 aromatic carbocycles. The molecule has 0 bridgehead atoms. The Morgan fingerprint density at radius 2 is 1.81 bits per heavy atom. The van der Waals surface area contributed by atoms with Crippen molar-refractivity contribution >= 4 is 30.8 Å². The molecule has 0 aliphatic carbocycles. The van der Waals surface area contributed by atoms with E-state index in [2.05, 4.69) is 36.7 Å². The summed E-state index contributed by atoms with van der Waals surface area (Å²) in [5.41, 5.74) is 3.55. The van der Waals surface area contributed by atoms with Crippen molar-refractivity contribution in [2.24, 2.45) is 0 Å². The van der Waals surface area contributed by atoms with Crippen LogP contribution >= 0.6 is 0 Å². The summed E-state index contributed by atoms with van der Waals surface area (Å²) in [4.78, 5) is 15.4. The zero-order valence-electron chi connectivity index (χ0n) is 25.9. The number of benzene rings is 2.